The number of methoxy groups -OCH3 is 3. The van der Waals surface area contributed by atoms with Gasteiger partial charge in [-0.25, -0.2) is 0 Å². The summed E-state index contributed by atoms with van der Waals surface area (Å²) in [6.45, 7) is 3.37. The van der Waals surface area contributed by atoms with Crippen LogP contribution < -0.4 is 28.4 Å². The Hall–Kier alpha value is -3.33. The van der Waals surface area contributed by atoms with E-state index in [-0.39, 0.29) is 13.4 Å². The van der Waals surface area contributed by atoms with E-state index in [4.69, 9.17) is 33.2 Å². The standard InChI is InChI=1S/C23H26O9/c1-6-29-22(24)20-19(12-7-17(26-3)21(28-5)18(8-12)27-4)13-9-15-16(31-11-30-15)10-14(13)32-23(20,2)25/h7-10,19-20,25H,6,11H2,1-5H3/t19-,20+,23-/m1/s1. The number of fused-ring (bicyclic) bond motifs is 2. The van der Waals surface area contributed by atoms with Crippen molar-refractivity contribution in [1.82, 2.24) is 0 Å². The number of rotatable bonds is 6. The molecule has 2 aliphatic rings. The van der Waals surface area contributed by atoms with Gasteiger partial charge in [-0.1, -0.05) is 0 Å². The van der Waals surface area contributed by atoms with Gasteiger partial charge in [-0.05, 0) is 30.7 Å². The number of esters is 1. The molecule has 0 amide bonds. The van der Waals surface area contributed by atoms with Gasteiger partial charge >= 0.3 is 5.97 Å². The van der Waals surface area contributed by atoms with Crippen LogP contribution in [0, 0.1) is 5.92 Å². The zero-order chi connectivity index (χ0) is 23.0. The van der Waals surface area contributed by atoms with Crippen molar-refractivity contribution >= 4 is 5.97 Å². The summed E-state index contributed by atoms with van der Waals surface area (Å²) in [6.07, 6.45) is 0. The van der Waals surface area contributed by atoms with E-state index in [1.54, 1.807) is 31.2 Å². The smallest absolute Gasteiger partial charge is 0.316 e. The summed E-state index contributed by atoms with van der Waals surface area (Å²) in [5.41, 5.74) is 1.27. The minimum absolute atomic E-state index is 0.0742. The highest BCUT2D eigenvalue weighted by atomic mass is 16.7. The number of carbonyl (C=O) groups is 1. The summed E-state index contributed by atoms with van der Waals surface area (Å²) in [4.78, 5) is 13.1. The van der Waals surface area contributed by atoms with Crippen LogP contribution in [0.15, 0.2) is 24.3 Å². The molecule has 2 aliphatic heterocycles. The normalized spacial score (nSPS) is 23.1. The van der Waals surface area contributed by atoms with Crippen LogP contribution in [-0.4, -0.2) is 51.6 Å². The third-order valence-corrected chi connectivity index (χ3v) is 5.65. The maximum atomic E-state index is 13.1. The first-order chi connectivity index (χ1) is 15.3. The lowest BCUT2D eigenvalue weighted by molar-refractivity contribution is -0.198. The monoisotopic (exact) mass is 446 g/mol. The predicted octanol–water partition coefficient (Wildman–Crippen LogP) is 2.85. The first-order valence-corrected chi connectivity index (χ1v) is 10.2. The van der Waals surface area contributed by atoms with Crippen LogP contribution in [-0.2, 0) is 9.53 Å². The van der Waals surface area contributed by atoms with Crippen LogP contribution in [0.5, 0.6) is 34.5 Å². The van der Waals surface area contributed by atoms with Crippen LogP contribution in [0.1, 0.15) is 30.9 Å². The molecule has 0 aliphatic carbocycles. The van der Waals surface area contributed by atoms with Crippen molar-refractivity contribution in [3.63, 3.8) is 0 Å². The first kappa shape index (κ1) is 21.9. The third kappa shape index (κ3) is 3.52. The van der Waals surface area contributed by atoms with Crippen LogP contribution in [0.3, 0.4) is 0 Å². The summed E-state index contributed by atoms with van der Waals surface area (Å²) < 4.78 is 38.6. The molecule has 4 rings (SSSR count). The molecule has 32 heavy (non-hydrogen) atoms. The molecule has 2 aromatic carbocycles. The fourth-order valence-corrected chi connectivity index (χ4v) is 4.29. The molecular weight excluding hydrogens is 420 g/mol. The Bertz CT molecular complexity index is 1010. The number of carbonyl (C=O) groups excluding carboxylic acids is 1. The number of aliphatic hydroxyl groups is 1. The second-order valence-electron chi connectivity index (χ2n) is 7.57. The lowest BCUT2D eigenvalue weighted by atomic mass is 9.74. The molecule has 9 heteroatoms. The first-order valence-electron chi connectivity index (χ1n) is 10.2. The van der Waals surface area contributed by atoms with Gasteiger partial charge in [-0.15, -0.1) is 0 Å². The molecule has 0 unspecified atom stereocenters. The van der Waals surface area contributed by atoms with Gasteiger partial charge in [-0.3, -0.25) is 4.79 Å². The Balaban J connectivity index is 1.97. The topological polar surface area (TPSA) is 102 Å². The molecular formula is C23H26O9. The van der Waals surface area contributed by atoms with Crippen molar-refractivity contribution in [3.8, 4) is 34.5 Å². The average Bonchev–Trinajstić information content (AvgIpc) is 3.22. The molecule has 9 nitrogen and oxygen atoms in total. The van der Waals surface area contributed by atoms with E-state index in [0.29, 0.717) is 45.6 Å². The Morgan fingerprint density at radius 1 is 1.03 bits per heavy atom. The number of hydrogen-bond donors (Lipinski definition) is 1. The summed E-state index contributed by atoms with van der Waals surface area (Å²) in [6, 6.07) is 6.90. The molecule has 0 fully saturated rings. The predicted molar refractivity (Wildman–Crippen MR) is 112 cm³/mol. The van der Waals surface area contributed by atoms with E-state index in [0.717, 1.165) is 0 Å². The zero-order valence-corrected chi connectivity index (χ0v) is 18.6. The van der Waals surface area contributed by atoms with Crippen LogP contribution in [0.4, 0.5) is 0 Å². The average molecular weight is 446 g/mol. The lowest BCUT2D eigenvalue weighted by Gasteiger charge is -2.42. The van der Waals surface area contributed by atoms with Crippen LogP contribution in [0.25, 0.3) is 0 Å². The van der Waals surface area contributed by atoms with Crippen molar-refractivity contribution < 1.29 is 43.1 Å². The fraction of sp³-hybridized carbons (Fsp3) is 0.435. The fourth-order valence-electron chi connectivity index (χ4n) is 4.29. The molecule has 0 saturated heterocycles. The highest BCUT2D eigenvalue weighted by Crippen LogP contribution is 2.53. The quantitative estimate of drug-likeness (QED) is 0.671. The van der Waals surface area contributed by atoms with Crippen LogP contribution in [0.2, 0.25) is 0 Å². The van der Waals surface area contributed by atoms with E-state index in [2.05, 4.69) is 0 Å². The highest BCUT2D eigenvalue weighted by molar-refractivity contribution is 5.78. The van der Waals surface area contributed by atoms with E-state index in [9.17, 15) is 9.90 Å². The van der Waals surface area contributed by atoms with Gasteiger partial charge in [0.2, 0.25) is 18.3 Å². The Morgan fingerprint density at radius 3 is 2.22 bits per heavy atom. The minimum atomic E-state index is -1.86. The van der Waals surface area contributed by atoms with Gasteiger partial charge in [0.15, 0.2) is 23.0 Å². The summed E-state index contributed by atoms with van der Waals surface area (Å²) in [5.74, 6) is -1.58. The Labute approximate surface area is 185 Å². The van der Waals surface area contributed by atoms with E-state index in [1.165, 1.54) is 28.3 Å². The van der Waals surface area contributed by atoms with Crippen LogP contribution >= 0.6 is 0 Å². The lowest BCUT2D eigenvalue weighted by Crippen LogP contribution is -2.51. The summed E-state index contributed by atoms with van der Waals surface area (Å²) >= 11 is 0. The molecule has 0 bridgehead atoms. The summed E-state index contributed by atoms with van der Waals surface area (Å²) in [7, 11) is 4.53. The molecule has 0 radical (unpaired) electrons. The Morgan fingerprint density at radius 2 is 1.66 bits per heavy atom. The van der Waals surface area contributed by atoms with Crippen molar-refractivity contribution in [2.24, 2.45) is 5.92 Å². The van der Waals surface area contributed by atoms with Crippen molar-refractivity contribution in [2.45, 2.75) is 25.6 Å². The molecule has 2 aromatic rings. The van der Waals surface area contributed by atoms with Gasteiger partial charge < -0.3 is 38.3 Å². The second-order valence-corrected chi connectivity index (χ2v) is 7.57. The van der Waals surface area contributed by atoms with Gasteiger partial charge in [0, 0.05) is 24.5 Å². The molecule has 3 atom stereocenters. The number of ether oxygens (including phenoxy) is 7. The van der Waals surface area contributed by atoms with Gasteiger partial charge in [0.05, 0.1) is 27.9 Å². The van der Waals surface area contributed by atoms with Crippen molar-refractivity contribution in [2.75, 3.05) is 34.7 Å². The molecule has 172 valence electrons. The van der Waals surface area contributed by atoms with E-state index in [1.807, 2.05) is 0 Å². The van der Waals surface area contributed by atoms with Gasteiger partial charge in [0.25, 0.3) is 0 Å². The van der Waals surface area contributed by atoms with Crippen molar-refractivity contribution in [3.05, 3.63) is 35.4 Å². The molecule has 0 saturated carbocycles. The molecule has 2 heterocycles. The molecule has 0 aromatic heterocycles. The van der Waals surface area contributed by atoms with Gasteiger partial charge in [-0.2, -0.15) is 0 Å². The number of benzene rings is 2. The molecule has 0 spiro atoms. The van der Waals surface area contributed by atoms with Gasteiger partial charge in [0.1, 0.15) is 11.7 Å². The van der Waals surface area contributed by atoms with E-state index >= 15 is 0 Å². The summed E-state index contributed by atoms with van der Waals surface area (Å²) in [5, 5.41) is 11.2. The third-order valence-electron chi connectivity index (χ3n) is 5.65. The number of hydrogen-bond acceptors (Lipinski definition) is 9. The van der Waals surface area contributed by atoms with E-state index < -0.39 is 23.6 Å². The zero-order valence-electron chi connectivity index (χ0n) is 18.6. The minimum Gasteiger partial charge on any atom is -0.493 e. The largest absolute Gasteiger partial charge is 0.493 e. The maximum absolute atomic E-state index is 13.1. The second kappa shape index (κ2) is 8.31. The SMILES string of the molecule is CCOC(=O)[C@@H]1[C@H](c2cc(OC)c(OC)c(OC)c2)c2cc3c(cc2O[C@@]1(C)O)OCO3. The highest BCUT2D eigenvalue weighted by Gasteiger charge is 2.52. The maximum Gasteiger partial charge on any atom is 0.316 e. The molecule has 1 N–H and O–H groups in total. The Kier molecular flexibility index (Phi) is 5.68. The van der Waals surface area contributed by atoms with Crippen molar-refractivity contribution in [1.29, 1.82) is 0 Å².